The maximum atomic E-state index is 6.78. The molecule has 0 saturated heterocycles. The van der Waals surface area contributed by atoms with E-state index in [1.807, 2.05) is 54.6 Å². The van der Waals surface area contributed by atoms with Gasteiger partial charge in [0.2, 0.25) is 0 Å². The van der Waals surface area contributed by atoms with Crippen molar-refractivity contribution in [3.8, 4) is 33.9 Å². The molecule has 3 heterocycles. The van der Waals surface area contributed by atoms with Gasteiger partial charge in [0, 0.05) is 55.6 Å². The highest BCUT2D eigenvalue weighted by molar-refractivity contribution is 6.20. The van der Waals surface area contributed by atoms with Crippen LogP contribution < -0.4 is 0 Å². The van der Waals surface area contributed by atoms with Crippen LogP contribution in [0.3, 0.4) is 0 Å². The van der Waals surface area contributed by atoms with Gasteiger partial charge in [-0.3, -0.25) is 0 Å². The zero-order valence-corrected chi connectivity index (χ0v) is 27.9. The molecule has 9 aromatic rings. The summed E-state index contributed by atoms with van der Waals surface area (Å²) in [6, 6.07) is 45.7. The van der Waals surface area contributed by atoms with Crippen LogP contribution in [-0.4, -0.2) is 15.0 Å². The van der Waals surface area contributed by atoms with Gasteiger partial charge in [0.1, 0.15) is 22.3 Å². The van der Waals surface area contributed by atoms with E-state index in [4.69, 9.17) is 23.8 Å². The molecule has 11 rings (SSSR count). The van der Waals surface area contributed by atoms with E-state index in [9.17, 15) is 0 Å². The number of allylic oxidation sites excluding steroid dienone is 5. The smallest absolute Gasteiger partial charge is 0.164 e. The fourth-order valence-corrected chi connectivity index (χ4v) is 8.16. The van der Waals surface area contributed by atoms with Crippen molar-refractivity contribution < 1.29 is 8.83 Å². The molecule has 2 atom stereocenters. The van der Waals surface area contributed by atoms with Gasteiger partial charge in [0.15, 0.2) is 17.5 Å². The SMILES string of the molecule is C1=CC2C=C(c3nc(-c4ccccc4)nc(-c4ccc(-c5cccc6oc7ccccc7c56)c5oc6ccccc6c45)n3)c3ccccc3C2C=C1. The second-order valence-electron chi connectivity index (χ2n) is 13.5. The summed E-state index contributed by atoms with van der Waals surface area (Å²) < 4.78 is 13.1. The minimum Gasteiger partial charge on any atom is -0.456 e. The third kappa shape index (κ3) is 4.39. The lowest BCUT2D eigenvalue weighted by Gasteiger charge is -2.30. The van der Waals surface area contributed by atoms with Gasteiger partial charge in [-0.1, -0.05) is 134 Å². The molecule has 3 aromatic heterocycles. The molecule has 5 heteroatoms. The molecule has 0 aliphatic heterocycles. The van der Waals surface area contributed by atoms with Gasteiger partial charge in [0.05, 0.1) is 0 Å². The lowest BCUT2D eigenvalue weighted by atomic mass is 9.74. The highest BCUT2D eigenvalue weighted by atomic mass is 16.3. The molecule has 52 heavy (non-hydrogen) atoms. The average Bonchev–Trinajstić information content (AvgIpc) is 3.80. The highest BCUT2D eigenvalue weighted by Gasteiger charge is 2.30. The molecular formula is C47H29N3O2. The van der Waals surface area contributed by atoms with Crippen LogP contribution in [0.1, 0.15) is 22.9 Å². The van der Waals surface area contributed by atoms with Crippen molar-refractivity contribution >= 4 is 49.5 Å². The summed E-state index contributed by atoms with van der Waals surface area (Å²) in [5, 5.41) is 4.11. The Balaban J connectivity index is 1.18. The van der Waals surface area contributed by atoms with Gasteiger partial charge in [-0.05, 0) is 47.0 Å². The Hall–Kier alpha value is -6.85. The first-order valence-electron chi connectivity index (χ1n) is 17.6. The Kier molecular flexibility index (Phi) is 6.31. The van der Waals surface area contributed by atoms with Crippen molar-refractivity contribution in [1.82, 2.24) is 15.0 Å². The Labute approximate surface area is 298 Å². The van der Waals surface area contributed by atoms with Crippen molar-refractivity contribution in [2.24, 2.45) is 5.92 Å². The molecule has 0 bridgehead atoms. The number of hydrogen-bond donors (Lipinski definition) is 0. The van der Waals surface area contributed by atoms with Crippen LogP contribution in [0, 0.1) is 5.92 Å². The van der Waals surface area contributed by atoms with Gasteiger partial charge in [-0.25, -0.2) is 15.0 Å². The predicted octanol–water partition coefficient (Wildman–Crippen LogP) is 11.9. The molecule has 6 aromatic carbocycles. The summed E-state index contributed by atoms with van der Waals surface area (Å²) in [4.78, 5) is 15.7. The number of aromatic nitrogens is 3. The summed E-state index contributed by atoms with van der Waals surface area (Å²) in [7, 11) is 0. The lowest BCUT2D eigenvalue weighted by Crippen LogP contribution is -2.17. The molecule has 244 valence electrons. The van der Waals surface area contributed by atoms with Gasteiger partial charge in [-0.2, -0.15) is 0 Å². The third-order valence-corrected chi connectivity index (χ3v) is 10.5. The molecular weight excluding hydrogens is 639 g/mol. The first-order chi connectivity index (χ1) is 25.8. The van der Waals surface area contributed by atoms with Gasteiger partial charge in [-0.15, -0.1) is 0 Å². The summed E-state index contributed by atoms with van der Waals surface area (Å²) >= 11 is 0. The Morgan fingerprint density at radius 2 is 1.10 bits per heavy atom. The summed E-state index contributed by atoms with van der Waals surface area (Å²) in [6.45, 7) is 0. The molecule has 5 nitrogen and oxygen atoms in total. The Morgan fingerprint density at radius 3 is 1.98 bits per heavy atom. The molecule has 0 fully saturated rings. The molecule has 0 radical (unpaired) electrons. The number of hydrogen-bond acceptors (Lipinski definition) is 5. The van der Waals surface area contributed by atoms with Crippen molar-refractivity contribution in [3.63, 3.8) is 0 Å². The Morgan fingerprint density at radius 1 is 0.442 bits per heavy atom. The maximum absolute atomic E-state index is 6.78. The van der Waals surface area contributed by atoms with Crippen molar-refractivity contribution in [2.45, 2.75) is 5.92 Å². The van der Waals surface area contributed by atoms with Gasteiger partial charge >= 0.3 is 0 Å². The molecule has 2 aliphatic carbocycles. The van der Waals surface area contributed by atoms with E-state index in [0.29, 0.717) is 17.5 Å². The van der Waals surface area contributed by atoms with Crippen molar-refractivity contribution in [2.75, 3.05) is 0 Å². The number of benzene rings is 6. The van der Waals surface area contributed by atoms with E-state index in [-0.39, 0.29) is 11.8 Å². The second kappa shape index (κ2) is 11.3. The van der Waals surface area contributed by atoms with E-state index in [1.165, 1.54) is 5.56 Å². The zero-order valence-electron chi connectivity index (χ0n) is 27.9. The molecule has 0 N–H and O–H groups in total. The van der Waals surface area contributed by atoms with E-state index in [2.05, 4.69) is 109 Å². The van der Waals surface area contributed by atoms with Gasteiger partial charge < -0.3 is 8.83 Å². The van der Waals surface area contributed by atoms with Crippen LogP contribution in [0.15, 0.2) is 173 Å². The van der Waals surface area contributed by atoms with Gasteiger partial charge in [0.25, 0.3) is 0 Å². The number of fused-ring (bicyclic) bond motifs is 9. The monoisotopic (exact) mass is 667 g/mol. The molecule has 0 saturated carbocycles. The summed E-state index contributed by atoms with van der Waals surface area (Å²) in [5.74, 6) is 2.36. The summed E-state index contributed by atoms with van der Waals surface area (Å²) in [6.07, 6.45) is 11.2. The Bertz CT molecular complexity index is 2980. The molecule has 0 amide bonds. The predicted molar refractivity (Wildman–Crippen MR) is 209 cm³/mol. The fourth-order valence-electron chi connectivity index (χ4n) is 8.16. The van der Waals surface area contributed by atoms with Crippen LogP contribution in [0.2, 0.25) is 0 Å². The van der Waals surface area contributed by atoms with Crippen LogP contribution in [-0.2, 0) is 0 Å². The number of rotatable bonds is 4. The van der Waals surface area contributed by atoms with E-state index >= 15 is 0 Å². The van der Waals surface area contributed by atoms with Crippen LogP contribution in [0.5, 0.6) is 0 Å². The first-order valence-corrected chi connectivity index (χ1v) is 17.6. The largest absolute Gasteiger partial charge is 0.456 e. The topological polar surface area (TPSA) is 65.0 Å². The van der Waals surface area contributed by atoms with Crippen molar-refractivity contribution in [3.05, 3.63) is 181 Å². The standard InChI is InChI=1S/C47H29N3O2/c1-2-13-28(14-3-1)45-48-46(50-47(49-45)38-27-29-15-4-5-16-30(29)31-17-6-7-18-32(31)38)37-26-25-34(44-43(37)36-20-9-11-23-40(36)52-44)33-21-12-24-41-42(33)35-19-8-10-22-39(35)51-41/h1-27,29-30H. The van der Waals surface area contributed by atoms with Crippen LogP contribution in [0.25, 0.3) is 83.4 Å². The van der Waals surface area contributed by atoms with Crippen molar-refractivity contribution in [1.29, 1.82) is 0 Å². The molecule has 0 spiro atoms. The van der Waals surface area contributed by atoms with E-state index in [0.717, 1.165) is 77.3 Å². The normalized spacial score (nSPS) is 16.4. The first kappa shape index (κ1) is 28.9. The number of furan rings is 2. The highest BCUT2D eigenvalue weighted by Crippen LogP contribution is 2.46. The molecule has 2 aliphatic rings. The van der Waals surface area contributed by atoms with E-state index in [1.54, 1.807) is 0 Å². The van der Waals surface area contributed by atoms with Crippen LogP contribution in [0.4, 0.5) is 0 Å². The average molecular weight is 668 g/mol. The minimum absolute atomic E-state index is 0.209. The lowest BCUT2D eigenvalue weighted by molar-refractivity contribution is 0.668. The van der Waals surface area contributed by atoms with Crippen LogP contribution >= 0.6 is 0 Å². The third-order valence-electron chi connectivity index (χ3n) is 10.5. The maximum Gasteiger partial charge on any atom is 0.164 e. The number of para-hydroxylation sites is 2. The zero-order chi connectivity index (χ0) is 34.2. The number of nitrogens with zero attached hydrogens (tertiary/aromatic N) is 3. The second-order valence-corrected chi connectivity index (χ2v) is 13.5. The fraction of sp³-hybridized carbons (Fsp3) is 0.0426. The minimum atomic E-state index is 0.209. The summed E-state index contributed by atoms with van der Waals surface area (Å²) in [5.41, 5.74) is 10.6. The quantitative estimate of drug-likeness (QED) is 0.187. The molecule has 2 unspecified atom stereocenters. The van der Waals surface area contributed by atoms with E-state index < -0.39 is 0 Å².